The molecule has 0 fully saturated rings. The van der Waals surface area contributed by atoms with Crippen LogP contribution < -0.4 is 0 Å². The summed E-state index contributed by atoms with van der Waals surface area (Å²) in [7, 11) is 0. The van der Waals surface area contributed by atoms with Gasteiger partial charge in [-0.2, -0.15) is 5.26 Å². The van der Waals surface area contributed by atoms with Gasteiger partial charge in [0.15, 0.2) is 0 Å². The lowest BCUT2D eigenvalue weighted by Crippen LogP contribution is -2.07. The molecule has 3 nitrogen and oxygen atoms in total. The molecular formula is C19H17N3. The van der Waals surface area contributed by atoms with Crippen LogP contribution in [0.25, 0.3) is 23.2 Å². The number of rotatable bonds is 4. The second-order valence-electron chi connectivity index (χ2n) is 5.34. The van der Waals surface area contributed by atoms with Crippen molar-refractivity contribution in [3.8, 4) is 6.07 Å². The molecule has 1 heterocycles. The highest BCUT2D eigenvalue weighted by molar-refractivity contribution is 5.79. The van der Waals surface area contributed by atoms with Crippen molar-refractivity contribution in [3.63, 3.8) is 0 Å². The Labute approximate surface area is 130 Å². The molecule has 2 aromatic carbocycles. The van der Waals surface area contributed by atoms with Crippen LogP contribution in [-0.4, -0.2) is 9.55 Å². The average molecular weight is 287 g/mol. The van der Waals surface area contributed by atoms with Gasteiger partial charge in [-0.15, -0.1) is 0 Å². The molecule has 3 aromatic rings. The minimum absolute atomic E-state index is 0.0542. The van der Waals surface area contributed by atoms with Crippen LogP contribution in [0.5, 0.6) is 0 Å². The van der Waals surface area contributed by atoms with Crippen molar-refractivity contribution in [1.29, 1.82) is 5.26 Å². The normalized spacial score (nSPS) is 12.5. The molecule has 0 amide bonds. The summed E-state index contributed by atoms with van der Waals surface area (Å²) in [6.07, 6.45) is 4.06. The number of imidazole rings is 1. The molecule has 0 radical (unpaired) electrons. The molecule has 0 saturated carbocycles. The van der Waals surface area contributed by atoms with Gasteiger partial charge >= 0.3 is 0 Å². The fourth-order valence-corrected chi connectivity index (χ4v) is 2.46. The van der Waals surface area contributed by atoms with E-state index in [9.17, 15) is 0 Å². The van der Waals surface area contributed by atoms with Crippen LogP contribution in [0.15, 0.2) is 54.6 Å². The molecule has 0 spiro atoms. The second kappa shape index (κ2) is 6.28. The fourth-order valence-electron chi connectivity index (χ4n) is 2.46. The van der Waals surface area contributed by atoms with E-state index in [0.29, 0.717) is 6.54 Å². The average Bonchev–Trinajstić information content (AvgIpc) is 2.91. The van der Waals surface area contributed by atoms with Crippen molar-refractivity contribution in [1.82, 2.24) is 9.55 Å². The van der Waals surface area contributed by atoms with E-state index in [-0.39, 0.29) is 5.92 Å². The van der Waals surface area contributed by atoms with Gasteiger partial charge in [0, 0.05) is 6.54 Å². The van der Waals surface area contributed by atoms with E-state index in [0.717, 1.165) is 22.4 Å². The maximum Gasteiger partial charge on any atom is 0.133 e. The molecule has 0 N–H and O–H groups in total. The second-order valence-corrected chi connectivity index (χ2v) is 5.34. The lowest BCUT2D eigenvalue weighted by atomic mass is 10.2. The van der Waals surface area contributed by atoms with Gasteiger partial charge in [0.2, 0.25) is 0 Å². The Morgan fingerprint density at radius 3 is 2.59 bits per heavy atom. The quantitative estimate of drug-likeness (QED) is 0.715. The van der Waals surface area contributed by atoms with Gasteiger partial charge in [0.05, 0.1) is 23.0 Å². The summed E-state index contributed by atoms with van der Waals surface area (Å²) in [5, 5.41) is 9.10. The van der Waals surface area contributed by atoms with E-state index in [1.54, 1.807) is 0 Å². The van der Waals surface area contributed by atoms with Gasteiger partial charge in [-0.1, -0.05) is 48.5 Å². The van der Waals surface area contributed by atoms with Crippen LogP contribution in [0.1, 0.15) is 18.3 Å². The van der Waals surface area contributed by atoms with E-state index in [4.69, 9.17) is 5.26 Å². The molecule has 3 heteroatoms. The molecule has 0 aliphatic heterocycles. The maximum absolute atomic E-state index is 9.10. The topological polar surface area (TPSA) is 41.6 Å². The van der Waals surface area contributed by atoms with Crippen LogP contribution in [0.2, 0.25) is 0 Å². The highest BCUT2D eigenvalue weighted by atomic mass is 15.1. The first-order valence-electron chi connectivity index (χ1n) is 7.36. The Bertz CT molecular complexity index is 838. The zero-order valence-corrected chi connectivity index (χ0v) is 12.5. The monoisotopic (exact) mass is 287 g/mol. The van der Waals surface area contributed by atoms with Gasteiger partial charge in [-0.05, 0) is 30.7 Å². The lowest BCUT2D eigenvalue weighted by molar-refractivity contribution is 0.589. The van der Waals surface area contributed by atoms with Crippen LogP contribution >= 0.6 is 0 Å². The van der Waals surface area contributed by atoms with Crippen molar-refractivity contribution in [2.45, 2.75) is 13.5 Å². The Hall–Kier alpha value is -2.86. The largest absolute Gasteiger partial charge is 0.323 e. The van der Waals surface area contributed by atoms with Crippen molar-refractivity contribution in [3.05, 3.63) is 66.0 Å². The van der Waals surface area contributed by atoms with E-state index in [1.807, 2.05) is 55.5 Å². The molecule has 0 aliphatic rings. The van der Waals surface area contributed by atoms with E-state index >= 15 is 0 Å². The smallest absolute Gasteiger partial charge is 0.133 e. The number of hydrogen-bond donors (Lipinski definition) is 0. The van der Waals surface area contributed by atoms with Crippen molar-refractivity contribution in [2.24, 2.45) is 5.92 Å². The van der Waals surface area contributed by atoms with Crippen molar-refractivity contribution >= 4 is 23.2 Å². The van der Waals surface area contributed by atoms with Crippen LogP contribution in [0.4, 0.5) is 0 Å². The lowest BCUT2D eigenvalue weighted by Gasteiger charge is -2.08. The first-order valence-corrected chi connectivity index (χ1v) is 7.36. The van der Waals surface area contributed by atoms with E-state index < -0.39 is 0 Å². The third kappa shape index (κ3) is 2.91. The minimum Gasteiger partial charge on any atom is -0.323 e. The van der Waals surface area contributed by atoms with Gasteiger partial charge < -0.3 is 4.57 Å². The molecule has 0 aliphatic carbocycles. The molecule has 1 atom stereocenters. The molecule has 108 valence electrons. The zero-order valence-electron chi connectivity index (χ0n) is 12.5. The first kappa shape index (κ1) is 14.1. The van der Waals surface area contributed by atoms with E-state index in [1.165, 1.54) is 0 Å². The third-order valence-corrected chi connectivity index (χ3v) is 3.59. The predicted molar refractivity (Wildman–Crippen MR) is 89.9 cm³/mol. The summed E-state index contributed by atoms with van der Waals surface area (Å²) in [5.41, 5.74) is 3.16. The first-order chi connectivity index (χ1) is 10.8. The standard InChI is InChI=1S/C19H17N3/c1-15(13-20)14-22-18-10-6-5-9-17(18)21-19(22)12-11-16-7-3-2-4-8-16/h2-12,15H,14H2,1H3/b12-11+. The van der Waals surface area contributed by atoms with Gasteiger partial charge in [0.25, 0.3) is 0 Å². The Kier molecular flexibility index (Phi) is 4.02. The van der Waals surface area contributed by atoms with Crippen LogP contribution in [0.3, 0.4) is 0 Å². The summed E-state index contributed by atoms with van der Waals surface area (Å²) in [4.78, 5) is 4.68. The van der Waals surface area contributed by atoms with Gasteiger partial charge in [-0.3, -0.25) is 0 Å². The number of para-hydroxylation sites is 2. The molecule has 22 heavy (non-hydrogen) atoms. The molecule has 0 bridgehead atoms. The fraction of sp³-hybridized carbons (Fsp3) is 0.158. The summed E-state index contributed by atoms with van der Waals surface area (Å²) < 4.78 is 2.11. The summed E-state index contributed by atoms with van der Waals surface area (Å²) in [6, 6.07) is 20.5. The minimum atomic E-state index is -0.0542. The Balaban J connectivity index is 2.03. The highest BCUT2D eigenvalue weighted by Crippen LogP contribution is 2.19. The number of nitrogens with zero attached hydrogens (tertiary/aromatic N) is 3. The third-order valence-electron chi connectivity index (χ3n) is 3.59. The molecule has 1 aromatic heterocycles. The summed E-state index contributed by atoms with van der Waals surface area (Å²) >= 11 is 0. The van der Waals surface area contributed by atoms with Gasteiger partial charge in [-0.25, -0.2) is 4.98 Å². The number of fused-ring (bicyclic) bond motifs is 1. The maximum atomic E-state index is 9.10. The molecule has 0 saturated heterocycles. The highest BCUT2D eigenvalue weighted by Gasteiger charge is 2.10. The molecule has 3 rings (SSSR count). The molecule has 1 unspecified atom stereocenters. The Morgan fingerprint density at radius 2 is 1.82 bits per heavy atom. The van der Waals surface area contributed by atoms with E-state index in [2.05, 4.69) is 33.8 Å². The number of nitriles is 1. The van der Waals surface area contributed by atoms with Crippen LogP contribution in [0, 0.1) is 17.2 Å². The predicted octanol–water partition coefficient (Wildman–Crippen LogP) is 4.37. The number of benzene rings is 2. The van der Waals surface area contributed by atoms with Crippen LogP contribution in [-0.2, 0) is 6.54 Å². The summed E-state index contributed by atoms with van der Waals surface area (Å²) in [6.45, 7) is 2.57. The van der Waals surface area contributed by atoms with Crippen molar-refractivity contribution in [2.75, 3.05) is 0 Å². The zero-order chi connectivity index (χ0) is 15.4. The number of hydrogen-bond acceptors (Lipinski definition) is 2. The Morgan fingerprint density at radius 1 is 1.09 bits per heavy atom. The molecular weight excluding hydrogens is 270 g/mol. The SMILES string of the molecule is CC(C#N)Cn1c(/C=C/c2ccccc2)nc2ccccc21. The number of aromatic nitrogens is 2. The van der Waals surface area contributed by atoms with Gasteiger partial charge in [0.1, 0.15) is 5.82 Å². The van der Waals surface area contributed by atoms with Crippen molar-refractivity contribution < 1.29 is 0 Å². The summed E-state index contributed by atoms with van der Waals surface area (Å²) in [5.74, 6) is 0.827.